The fraction of sp³-hybridized carbons (Fsp3) is 0.364. The second-order valence-electron chi connectivity index (χ2n) is 6.21. The van der Waals surface area contributed by atoms with Crippen molar-refractivity contribution in [2.45, 2.75) is 39.7 Å². The summed E-state index contributed by atoms with van der Waals surface area (Å²) in [4.78, 5) is 2.48. The first kappa shape index (κ1) is 19.0. The number of nitrogens with zero attached hydrogens (tertiary/aromatic N) is 1. The number of hydrogen-bond acceptors (Lipinski definition) is 1. The fourth-order valence-electron chi connectivity index (χ4n) is 3.02. The normalized spacial score (nSPS) is 11.0. The van der Waals surface area contributed by atoms with Crippen LogP contribution in [0.1, 0.15) is 36.1 Å². The van der Waals surface area contributed by atoms with Gasteiger partial charge in [0.2, 0.25) is 0 Å². The summed E-state index contributed by atoms with van der Waals surface area (Å²) in [5, 5.41) is 0. The van der Waals surface area contributed by atoms with Gasteiger partial charge in [-0.25, -0.2) is 0 Å². The summed E-state index contributed by atoms with van der Waals surface area (Å²) in [5.74, 6) is 0. The minimum Gasteiger partial charge on any atom is -0.295 e. The monoisotopic (exact) mass is 385 g/mol. The summed E-state index contributed by atoms with van der Waals surface area (Å²) in [6.07, 6.45) is 5.26. The lowest BCUT2D eigenvalue weighted by Gasteiger charge is -2.22. The van der Waals surface area contributed by atoms with Gasteiger partial charge in [-0.3, -0.25) is 4.90 Å². The molecule has 0 saturated heterocycles. The quantitative estimate of drug-likeness (QED) is 0.492. The highest BCUT2D eigenvalue weighted by atomic mass is 79.9. The predicted octanol–water partition coefficient (Wildman–Crippen LogP) is 5.80. The first-order valence-corrected chi connectivity index (χ1v) is 9.63. The molecule has 0 heterocycles. The van der Waals surface area contributed by atoms with Gasteiger partial charge in [0.05, 0.1) is 0 Å². The van der Waals surface area contributed by atoms with Crippen LogP contribution in [0.5, 0.6) is 0 Å². The first-order chi connectivity index (χ1) is 11.7. The molecule has 1 nitrogen and oxygen atoms in total. The molecule has 0 radical (unpaired) electrons. The molecular formula is C22H28BrN. The van der Waals surface area contributed by atoms with Gasteiger partial charge in [-0.2, -0.15) is 0 Å². The molecule has 0 unspecified atom stereocenters. The van der Waals surface area contributed by atoms with E-state index in [2.05, 4.69) is 83.7 Å². The Labute approximate surface area is 155 Å². The zero-order chi connectivity index (χ0) is 17.4. The van der Waals surface area contributed by atoms with Crippen LogP contribution in [-0.4, -0.2) is 18.0 Å². The molecule has 0 aliphatic rings. The number of rotatable bonds is 9. The number of halogens is 1. The average Bonchev–Trinajstić information content (AvgIpc) is 2.60. The molecule has 0 N–H and O–H groups in total. The molecule has 0 amide bonds. The van der Waals surface area contributed by atoms with Crippen molar-refractivity contribution in [1.29, 1.82) is 0 Å². The lowest BCUT2D eigenvalue weighted by Crippen LogP contribution is -2.26. The summed E-state index contributed by atoms with van der Waals surface area (Å²) in [5.41, 5.74) is 5.73. The number of aryl methyl sites for hydroxylation is 2. The molecule has 0 saturated carbocycles. The molecule has 2 aromatic rings. The third kappa shape index (κ3) is 5.61. The van der Waals surface area contributed by atoms with E-state index in [1.165, 1.54) is 22.3 Å². The van der Waals surface area contributed by atoms with Crippen LogP contribution in [0.3, 0.4) is 0 Å². The maximum atomic E-state index is 3.93. The SMILES string of the molecule is C=CCN(CCc1cccc(Br)c1)Cc1ccc(CC)cc1CC. The number of hydrogen-bond donors (Lipinski definition) is 0. The predicted molar refractivity (Wildman–Crippen MR) is 109 cm³/mol. The molecule has 2 rings (SSSR count). The van der Waals surface area contributed by atoms with E-state index in [0.29, 0.717) is 0 Å². The third-order valence-corrected chi connectivity index (χ3v) is 4.94. The Morgan fingerprint density at radius 2 is 1.83 bits per heavy atom. The van der Waals surface area contributed by atoms with Gasteiger partial charge >= 0.3 is 0 Å². The van der Waals surface area contributed by atoms with Crippen molar-refractivity contribution in [3.8, 4) is 0 Å². The van der Waals surface area contributed by atoms with Crippen LogP contribution < -0.4 is 0 Å². The van der Waals surface area contributed by atoms with Crippen molar-refractivity contribution in [3.63, 3.8) is 0 Å². The van der Waals surface area contributed by atoms with Gasteiger partial charge in [0, 0.05) is 24.1 Å². The van der Waals surface area contributed by atoms with E-state index in [-0.39, 0.29) is 0 Å². The van der Waals surface area contributed by atoms with Gasteiger partial charge in [-0.1, -0.05) is 66.2 Å². The average molecular weight is 386 g/mol. The second-order valence-corrected chi connectivity index (χ2v) is 7.13. The maximum absolute atomic E-state index is 3.93. The van der Waals surface area contributed by atoms with Gasteiger partial charge in [-0.05, 0) is 53.6 Å². The Bertz CT molecular complexity index is 663. The molecule has 2 aromatic carbocycles. The Morgan fingerprint density at radius 3 is 2.50 bits per heavy atom. The Balaban J connectivity index is 2.06. The summed E-state index contributed by atoms with van der Waals surface area (Å²) in [6.45, 7) is 11.4. The van der Waals surface area contributed by atoms with E-state index in [4.69, 9.17) is 0 Å². The van der Waals surface area contributed by atoms with E-state index in [1.54, 1.807) is 0 Å². The van der Waals surface area contributed by atoms with Crippen LogP contribution in [-0.2, 0) is 25.8 Å². The van der Waals surface area contributed by atoms with Crippen LogP contribution in [0, 0.1) is 0 Å². The van der Waals surface area contributed by atoms with E-state index in [1.807, 2.05) is 6.08 Å². The van der Waals surface area contributed by atoms with Crippen LogP contribution in [0.15, 0.2) is 59.6 Å². The molecule has 0 aliphatic heterocycles. The molecule has 0 fully saturated rings. The lowest BCUT2D eigenvalue weighted by atomic mass is 10.00. The van der Waals surface area contributed by atoms with E-state index in [0.717, 1.165) is 43.4 Å². The van der Waals surface area contributed by atoms with Crippen molar-refractivity contribution < 1.29 is 0 Å². The molecular weight excluding hydrogens is 358 g/mol. The van der Waals surface area contributed by atoms with Crippen molar-refractivity contribution in [3.05, 3.63) is 81.8 Å². The van der Waals surface area contributed by atoms with Gasteiger partial charge in [0.15, 0.2) is 0 Å². The topological polar surface area (TPSA) is 3.24 Å². The molecule has 0 aliphatic carbocycles. The highest BCUT2D eigenvalue weighted by molar-refractivity contribution is 9.10. The summed E-state index contributed by atoms with van der Waals surface area (Å²) in [7, 11) is 0. The van der Waals surface area contributed by atoms with Crippen molar-refractivity contribution >= 4 is 15.9 Å². The Hall–Kier alpha value is -1.38. The third-order valence-electron chi connectivity index (χ3n) is 4.45. The zero-order valence-electron chi connectivity index (χ0n) is 14.9. The molecule has 0 bridgehead atoms. The van der Waals surface area contributed by atoms with Crippen molar-refractivity contribution in [2.75, 3.05) is 13.1 Å². The largest absolute Gasteiger partial charge is 0.295 e. The van der Waals surface area contributed by atoms with Crippen LogP contribution in [0.2, 0.25) is 0 Å². The van der Waals surface area contributed by atoms with Crippen LogP contribution >= 0.6 is 15.9 Å². The first-order valence-electron chi connectivity index (χ1n) is 8.84. The number of benzene rings is 2. The molecule has 0 atom stereocenters. The summed E-state index contributed by atoms with van der Waals surface area (Å²) >= 11 is 3.56. The van der Waals surface area contributed by atoms with E-state index >= 15 is 0 Å². The minimum atomic E-state index is 0.923. The van der Waals surface area contributed by atoms with Gasteiger partial charge in [0.25, 0.3) is 0 Å². The standard InChI is InChI=1S/C22H28BrN/c1-4-13-24(14-12-19-8-7-9-22(23)16-19)17-21-11-10-18(5-2)15-20(21)6-3/h4,7-11,15-16H,1,5-6,12-14,17H2,2-3H3. The molecule has 24 heavy (non-hydrogen) atoms. The molecule has 128 valence electrons. The second kappa shape index (κ2) is 9.80. The molecule has 2 heteroatoms. The van der Waals surface area contributed by atoms with Gasteiger partial charge < -0.3 is 0 Å². The smallest absolute Gasteiger partial charge is 0.0239 e. The van der Waals surface area contributed by atoms with E-state index < -0.39 is 0 Å². The Morgan fingerprint density at radius 1 is 1.00 bits per heavy atom. The fourth-order valence-corrected chi connectivity index (χ4v) is 3.47. The molecule has 0 spiro atoms. The lowest BCUT2D eigenvalue weighted by molar-refractivity contribution is 0.297. The van der Waals surface area contributed by atoms with Crippen LogP contribution in [0.25, 0.3) is 0 Å². The highest BCUT2D eigenvalue weighted by Gasteiger charge is 2.09. The summed E-state index contributed by atoms with van der Waals surface area (Å²) < 4.78 is 1.15. The van der Waals surface area contributed by atoms with Gasteiger partial charge in [-0.15, -0.1) is 6.58 Å². The van der Waals surface area contributed by atoms with Crippen LogP contribution in [0.4, 0.5) is 0 Å². The van der Waals surface area contributed by atoms with E-state index in [9.17, 15) is 0 Å². The summed E-state index contributed by atoms with van der Waals surface area (Å²) in [6, 6.07) is 15.5. The maximum Gasteiger partial charge on any atom is 0.0239 e. The van der Waals surface area contributed by atoms with Crippen molar-refractivity contribution in [1.82, 2.24) is 4.90 Å². The zero-order valence-corrected chi connectivity index (χ0v) is 16.5. The minimum absolute atomic E-state index is 0.923. The molecule has 0 aromatic heterocycles. The highest BCUT2D eigenvalue weighted by Crippen LogP contribution is 2.17. The van der Waals surface area contributed by atoms with Gasteiger partial charge in [0.1, 0.15) is 0 Å². The van der Waals surface area contributed by atoms with Crippen molar-refractivity contribution in [2.24, 2.45) is 0 Å². The Kier molecular flexibility index (Phi) is 7.74.